The Hall–Kier alpha value is -2.24. The van der Waals surface area contributed by atoms with Crippen molar-refractivity contribution in [1.82, 2.24) is 9.80 Å². The van der Waals surface area contributed by atoms with Crippen molar-refractivity contribution >= 4 is 11.8 Å². The van der Waals surface area contributed by atoms with Crippen molar-refractivity contribution < 1.29 is 19.1 Å². The van der Waals surface area contributed by atoms with Crippen LogP contribution in [0, 0.1) is 0 Å². The summed E-state index contributed by atoms with van der Waals surface area (Å²) in [5, 5.41) is 0. The van der Waals surface area contributed by atoms with Gasteiger partial charge < -0.3 is 19.3 Å². The predicted molar refractivity (Wildman–Crippen MR) is 86.9 cm³/mol. The molecule has 1 fully saturated rings. The Morgan fingerprint density at radius 3 is 2.17 bits per heavy atom. The van der Waals surface area contributed by atoms with Crippen LogP contribution in [-0.2, 0) is 4.79 Å². The van der Waals surface area contributed by atoms with Crippen LogP contribution in [0.2, 0.25) is 0 Å². The van der Waals surface area contributed by atoms with Crippen molar-refractivity contribution in [1.29, 1.82) is 0 Å². The minimum atomic E-state index is -0.0531. The molecule has 0 spiro atoms. The summed E-state index contributed by atoms with van der Waals surface area (Å²) in [5.41, 5.74) is 0.564. The van der Waals surface area contributed by atoms with Gasteiger partial charge in [0, 0.05) is 38.7 Å². The summed E-state index contributed by atoms with van der Waals surface area (Å²) in [6.45, 7) is 7.67. The fraction of sp³-hybridized carbons (Fsp3) is 0.529. The largest absolute Gasteiger partial charge is 0.493 e. The second kappa shape index (κ2) is 7.35. The fourth-order valence-electron chi connectivity index (χ4n) is 2.56. The van der Waals surface area contributed by atoms with Gasteiger partial charge in [0.1, 0.15) is 0 Å². The van der Waals surface area contributed by atoms with Crippen molar-refractivity contribution in [3.8, 4) is 11.5 Å². The average molecular weight is 320 g/mol. The van der Waals surface area contributed by atoms with E-state index in [0.29, 0.717) is 43.2 Å². The molecule has 0 radical (unpaired) electrons. The van der Waals surface area contributed by atoms with Crippen LogP contribution in [0.3, 0.4) is 0 Å². The molecule has 0 saturated carbocycles. The lowest BCUT2D eigenvalue weighted by Crippen LogP contribution is -2.50. The Morgan fingerprint density at radius 2 is 1.65 bits per heavy atom. The molecule has 1 heterocycles. The lowest BCUT2D eigenvalue weighted by atomic mass is 10.1. The quantitative estimate of drug-likeness (QED) is 0.848. The van der Waals surface area contributed by atoms with Crippen LogP contribution in [0.5, 0.6) is 11.5 Å². The van der Waals surface area contributed by atoms with Gasteiger partial charge in [-0.25, -0.2) is 0 Å². The molecule has 2 amide bonds. The van der Waals surface area contributed by atoms with E-state index < -0.39 is 0 Å². The first kappa shape index (κ1) is 17.1. The number of amides is 2. The van der Waals surface area contributed by atoms with Crippen LogP contribution < -0.4 is 9.47 Å². The lowest BCUT2D eigenvalue weighted by Gasteiger charge is -2.34. The van der Waals surface area contributed by atoms with Gasteiger partial charge in [-0.05, 0) is 32.0 Å². The molecule has 1 aliphatic rings. The van der Waals surface area contributed by atoms with Crippen molar-refractivity contribution in [3.63, 3.8) is 0 Å². The predicted octanol–water partition coefficient (Wildman–Crippen LogP) is 1.79. The standard InChI is InChI=1S/C17H24N2O4/c1-12(2)23-15-6-5-14(11-16(15)22-4)17(21)19-9-7-18(8-10-19)13(3)20/h5-6,11-12H,7-10H2,1-4H3. The normalized spacial score (nSPS) is 14.8. The molecule has 23 heavy (non-hydrogen) atoms. The van der Waals surface area contributed by atoms with Crippen LogP contribution in [0.1, 0.15) is 31.1 Å². The van der Waals surface area contributed by atoms with E-state index >= 15 is 0 Å². The molecular formula is C17H24N2O4. The van der Waals surface area contributed by atoms with E-state index in [0.717, 1.165) is 0 Å². The molecule has 6 nitrogen and oxygen atoms in total. The Labute approximate surface area is 137 Å². The van der Waals surface area contributed by atoms with Gasteiger partial charge in [-0.2, -0.15) is 0 Å². The maximum Gasteiger partial charge on any atom is 0.254 e. The molecule has 1 aromatic carbocycles. The SMILES string of the molecule is COc1cc(C(=O)N2CCN(C(C)=O)CC2)ccc1OC(C)C. The number of hydrogen-bond acceptors (Lipinski definition) is 4. The maximum absolute atomic E-state index is 12.6. The molecule has 1 aliphatic heterocycles. The molecule has 0 aromatic heterocycles. The van der Waals surface area contributed by atoms with Crippen LogP contribution in [-0.4, -0.2) is 61.0 Å². The smallest absolute Gasteiger partial charge is 0.254 e. The second-order valence-electron chi connectivity index (χ2n) is 5.83. The number of benzene rings is 1. The minimum absolute atomic E-state index is 0.0325. The number of carbonyl (C=O) groups excluding carboxylic acids is 2. The van der Waals surface area contributed by atoms with Gasteiger partial charge >= 0.3 is 0 Å². The Kier molecular flexibility index (Phi) is 5.47. The number of piperazine rings is 1. The summed E-state index contributed by atoms with van der Waals surface area (Å²) in [7, 11) is 1.56. The Morgan fingerprint density at radius 1 is 1.04 bits per heavy atom. The number of methoxy groups -OCH3 is 1. The van der Waals surface area contributed by atoms with E-state index in [1.165, 1.54) is 0 Å². The highest BCUT2D eigenvalue weighted by molar-refractivity contribution is 5.95. The van der Waals surface area contributed by atoms with Gasteiger partial charge in [0.25, 0.3) is 5.91 Å². The van der Waals surface area contributed by atoms with Gasteiger partial charge in [0.2, 0.25) is 5.91 Å². The van der Waals surface area contributed by atoms with Crippen molar-refractivity contribution in [3.05, 3.63) is 23.8 Å². The van der Waals surface area contributed by atoms with E-state index in [9.17, 15) is 9.59 Å². The summed E-state index contributed by atoms with van der Waals surface area (Å²) in [6, 6.07) is 5.22. The number of rotatable bonds is 4. The van der Waals surface area contributed by atoms with Crippen LogP contribution >= 0.6 is 0 Å². The van der Waals surface area contributed by atoms with Gasteiger partial charge in [0.15, 0.2) is 11.5 Å². The van der Waals surface area contributed by atoms with E-state index in [2.05, 4.69) is 0 Å². The summed E-state index contributed by atoms with van der Waals surface area (Å²) < 4.78 is 11.0. The number of hydrogen-bond donors (Lipinski definition) is 0. The molecule has 6 heteroatoms. The summed E-state index contributed by atoms with van der Waals surface area (Å²) >= 11 is 0. The van der Waals surface area contributed by atoms with Crippen molar-refractivity contribution in [2.24, 2.45) is 0 Å². The molecule has 2 rings (SSSR count). The zero-order chi connectivity index (χ0) is 17.0. The summed E-state index contributed by atoms with van der Waals surface area (Å²) in [4.78, 5) is 27.5. The zero-order valence-electron chi connectivity index (χ0n) is 14.2. The third-order valence-corrected chi connectivity index (χ3v) is 3.79. The minimum Gasteiger partial charge on any atom is -0.493 e. The third-order valence-electron chi connectivity index (χ3n) is 3.79. The van der Waals surface area contributed by atoms with Crippen LogP contribution in [0.15, 0.2) is 18.2 Å². The van der Waals surface area contributed by atoms with E-state index in [1.807, 2.05) is 13.8 Å². The van der Waals surface area contributed by atoms with Gasteiger partial charge in [-0.3, -0.25) is 9.59 Å². The second-order valence-corrected chi connectivity index (χ2v) is 5.83. The van der Waals surface area contributed by atoms with Gasteiger partial charge in [-0.1, -0.05) is 0 Å². The summed E-state index contributed by atoms with van der Waals surface area (Å²) in [6.07, 6.45) is 0.0325. The monoisotopic (exact) mass is 320 g/mol. The third kappa shape index (κ3) is 4.15. The molecular weight excluding hydrogens is 296 g/mol. The number of ether oxygens (including phenoxy) is 2. The molecule has 0 bridgehead atoms. The van der Waals surface area contributed by atoms with Crippen molar-refractivity contribution in [2.75, 3.05) is 33.3 Å². The Bertz CT molecular complexity index is 578. The first-order valence-corrected chi connectivity index (χ1v) is 7.82. The first-order chi connectivity index (χ1) is 10.9. The molecule has 1 aromatic rings. The number of carbonyl (C=O) groups is 2. The Balaban J connectivity index is 2.09. The molecule has 0 unspecified atom stereocenters. The van der Waals surface area contributed by atoms with Gasteiger partial charge in [-0.15, -0.1) is 0 Å². The first-order valence-electron chi connectivity index (χ1n) is 7.82. The molecule has 0 atom stereocenters. The lowest BCUT2D eigenvalue weighted by molar-refractivity contribution is -0.130. The highest BCUT2D eigenvalue weighted by Gasteiger charge is 2.24. The number of nitrogens with zero attached hydrogens (tertiary/aromatic N) is 2. The molecule has 0 N–H and O–H groups in total. The topological polar surface area (TPSA) is 59.1 Å². The van der Waals surface area contributed by atoms with Crippen LogP contribution in [0.25, 0.3) is 0 Å². The highest BCUT2D eigenvalue weighted by atomic mass is 16.5. The van der Waals surface area contributed by atoms with Crippen LogP contribution in [0.4, 0.5) is 0 Å². The molecule has 1 saturated heterocycles. The highest BCUT2D eigenvalue weighted by Crippen LogP contribution is 2.29. The molecule has 0 aliphatic carbocycles. The summed E-state index contributed by atoms with van der Waals surface area (Å²) in [5.74, 6) is 1.17. The van der Waals surface area contributed by atoms with Crippen molar-refractivity contribution in [2.45, 2.75) is 26.9 Å². The average Bonchev–Trinajstić information content (AvgIpc) is 2.54. The van der Waals surface area contributed by atoms with Gasteiger partial charge in [0.05, 0.1) is 13.2 Å². The molecule has 126 valence electrons. The van der Waals surface area contributed by atoms with E-state index in [4.69, 9.17) is 9.47 Å². The zero-order valence-corrected chi connectivity index (χ0v) is 14.2. The maximum atomic E-state index is 12.6. The van der Waals surface area contributed by atoms with E-state index in [1.54, 1.807) is 42.0 Å². The fourth-order valence-corrected chi connectivity index (χ4v) is 2.56. The van der Waals surface area contributed by atoms with E-state index in [-0.39, 0.29) is 17.9 Å².